The van der Waals surface area contributed by atoms with Gasteiger partial charge in [-0.15, -0.1) is 0 Å². The van der Waals surface area contributed by atoms with Crippen LogP contribution in [0.1, 0.15) is 19.3 Å². The van der Waals surface area contributed by atoms with Gasteiger partial charge in [0.2, 0.25) is 5.91 Å². The zero-order chi connectivity index (χ0) is 12.8. The van der Waals surface area contributed by atoms with Gasteiger partial charge in [-0.2, -0.15) is 0 Å². The summed E-state index contributed by atoms with van der Waals surface area (Å²) >= 11 is 0. The molecule has 1 saturated heterocycles. The molecule has 0 N–H and O–H groups in total. The number of likely N-dealkylation sites (tertiary alicyclic amines) is 1. The van der Waals surface area contributed by atoms with E-state index in [1.54, 1.807) is 19.0 Å². The lowest BCUT2D eigenvalue weighted by molar-refractivity contribution is -0.141. The average Bonchev–Trinajstić information content (AvgIpc) is 2.35. The first kappa shape index (κ1) is 14.0. The largest absolute Gasteiger partial charge is 0.469 e. The predicted molar refractivity (Wildman–Crippen MR) is 64.5 cm³/mol. The molecule has 1 aliphatic rings. The van der Waals surface area contributed by atoms with Crippen LogP contribution >= 0.6 is 0 Å². The Morgan fingerprint density at radius 1 is 1.29 bits per heavy atom. The first-order valence-electron chi connectivity index (χ1n) is 6.05. The Labute approximate surface area is 103 Å². The van der Waals surface area contributed by atoms with Crippen LogP contribution in [0, 0.1) is 5.92 Å². The van der Waals surface area contributed by atoms with E-state index >= 15 is 0 Å². The lowest BCUT2D eigenvalue weighted by Crippen LogP contribution is -2.40. The summed E-state index contributed by atoms with van der Waals surface area (Å²) < 4.78 is 4.61. The molecule has 5 nitrogen and oxygen atoms in total. The van der Waals surface area contributed by atoms with E-state index < -0.39 is 0 Å². The highest BCUT2D eigenvalue weighted by molar-refractivity contribution is 5.78. The van der Waals surface area contributed by atoms with Gasteiger partial charge < -0.3 is 14.5 Å². The van der Waals surface area contributed by atoms with Gasteiger partial charge in [0.1, 0.15) is 0 Å². The fraction of sp³-hybridized carbons (Fsp3) is 0.833. The molecule has 0 saturated carbocycles. The Morgan fingerprint density at radius 3 is 2.35 bits per heavy atom. The van der Waals surface area contributed by atoms with Gasteiger partial charge in [-0.05, 0) is 25.9 Å². The number of methoxy groups -OCH3 is 1. The van der Waals surface area contributed by atoms with Crippen molar-refractivity contribution in [3.63, 3.8) is 0 Å². The summed E-state index contributed by atoms with van der Waals surface area (Å²) in [6, 6.07) is 0. The lowest BCUT2D eigenvalue weighted by atomic mass is 9.95. The number of carbonyl (C=O) groups excluding carboxylic acids is 2. The Kier molecular flexibility index (Phi) is 5.41. The number of hydrogen-bond donors (Lipinski definition) is 0. The first-order chi connectivity index (χ1) is 8.04. The zero-order valence-electron chi connectivity index (χ0n) is 10.9. The molecule has 98 valence electrons. The first-order valence-corrected chi connectivity index (χ1v) is 6.05. The smallest absolute Gasteiger partial charge is 0.306 e. The number of esters is 1. The third-order valence-electron chi connectivity index (χ3n) is 3.24. The molecule has 1 fully saturated rings. The molecule has 0 bridgehead atoms. The Hall–Kier alpha value is -1.10. The maximum atomic E-state index is 11.8. The molecule has 0 unspecified atom stereocenters. The maximum Gasteiger partial charge on any atom is 0.306 e. The lowest BCUT2D eigenvalue weighted by Gasteiger charge is -2.32. The zero-order valence-corrected chi connectivity index (χ0v) is 10.9. The summed E-state index contributed by atoms with van der Waals surface area (Å²) in [5.74, 6) is 0.202. The van der Waals surface area contributed by atoms with Crippen molar-refractivity contribution in [2.75, 3.05) is 40.8 Å². The van der Waals surface area contributed by atoms with Crippen molar-refractivity contribution in [1.29, 1.82) is 0 Å². The molecule has 0 spiro atoms. The van der Waals surface area contributed by atoms with Crippen LogP contribution in [0.3, 0.4) is 0 Å². The molecular weight excluding hydrogens is 220 g/mol. The predicted octanol–water partition coefficient (Wildman–Crippen LogP) is 0.350. The fourth-order valence-corrected chi connectivity index (χ4v) is 2.12. The van der Waals surface area contributed by atoms with Crippen molar-refractivity contribution in [3.8, 4) is 0 Å². The molecule has 1 amide bonds. The second kappa shape index (κ2) is 6.59. The van der Waals surface area contributed by atoms with Gasteiger partial charge in [0, 0.05) is 26.6 Å². The van der Waals surface area contributed by atoms with E-state index in [0.717, 1.165) is 32.5 Å². The van der Waals surface area contributed by atoms with Crippen molar-refractivity contribution in [1.82, 2.24) is 9.80 Å². The van der Waals surface area contributed by atoms with Crippen LogP contribution in [0.2, 0.25) is 0 Å². The molecular formula is C12H22N2O3. The summed E-state index contributed by atoms with van der Waals surface area (Å²) in [6.45, 7) is 2.51. The molecule has 1 heterocycles. The molecule has 0 aromatic heterocycles. The Morgan fingerprint density at radius 2 is 1.88 bits per heavy atom. The van der Waals surface area contributed by atoms with Gasteiger partial charge in [-0.3, -0.25) is 9.59 Å². The second-order valence-corrected chi connectivity index (χ2v) is 4.67. The SMILES string of the molecule is COC(=O)CCN1CCC(C(=O)N(C)C)CC1. The monoisotopic (exact) mass is 242 g/mol. The quantitative estimate of drug-likeness (QED) is 0.667. The standard InChI is InChI=1S/C12H22N2O3/c1-13(2)12(16)10-4-7-14(8-5-10)9-6-11(15)17-3/h10H,4-9H2,1-3H3. The average molecular weight is 242 g/mol. The molecule has 0 aromatic rings. The highest BCUT2D eigenvalue weighted by atomic mass is 16.5. The third-order valence-corrected chi connectivity index (χ3v) is 3.24. The molecule has 0 aromatic carbocycles. The van der Waals surface area contributed by atoms with E-state index in [4.69, 9.17) is 0 Å². The third kappa shape index (κ3) is 4.34. The van der Waals surface area contributed by atoms with Gasteiger partial charge in [-0.25, -0.2) is 0 Å². The maximum absolute atomic E-state index is 11.8. The van der Waals surface area contributed by atoms with Crippen LogP contribution < -0.4 is 0 Å². The van der Waals surface area contributed by atoms with Crippen LogP contribution in [0.5, 0.6) is 0 Å². The number of nitrogens with zero attached hydrogens (tertiary/aromatic N) is 2. The van der Waals surface area contributed by atoms with Crippen LogP contribution in [0.15, 0.2) is 0 Å². The second-order valence-electron chi connectivity index (χ2n) is 4.67. The van der Waals surface area contributed by atoms with Crippen molar-refractivity contribution < 1.29 is 14.3 Å². The van der Waals surface area contributed by atoms with E-state index in [9.17, 15) is 9.59 Å². The molecule has 1 aliphatic heterocycles. The topological polar surface area (TPSA) is 49.9 Å². The van der Waals surface area contributed by atoms with Crippen molar-refractivity contribution in [2.45, 2.75) is 19.3 Å². The molecule has 0 atom stereocenters. The summed E-state index contributed by atoms with van der Waals surface area (Å²) in [5, 5.41) is 0. The normalized spacial score (nSPS) is 17.8. The summed E-state index contributed by atoms with van der Waals surface area (Å²) in [6.07, 6.45) is 2.21. The van der Waals surface area contributed by atoms with E-state index in [2.05, 4.69) is 9.64 Å². The summed E-state index contributed by atoms with van der Waals surface area (Å²) in [4.78, 5) is 26.6. The van der Waals surface area contributed by atoms with Crippen LogP contribution in [-0.2, 0) is 14.3 Å². The number of piperidine rings is 1. The van der Waals surface area contributed by atoms with E-state index in [1.165, 1.54) is 7.11 Å². The minimum absolute atomic E-state index is 0.152. The van der Waals surface area contributed by atoms with Crippen molar-refractivity contribution in [2.24, 2.45) is 5.92 Å². The minimum Gasteiger partial charge on any atom is -0.469 e. The van der Waals surface area contributed by atoms with Gasteiger partial charge in [0.25, 0.3) is 0 Å². The van der Waals surface area contributed by atoms with Gasteiger partial charge in [-0.1, -0.05) is 0 Å². The van der Waals surface area contributed by atoms with E-state index in [1.807, 2.05) is 0 Å². The van der Waals surface area contributed by atoms with E-state index in [-0.39, 0.29) is 17.8 Å². The number of rotatable bonds is 4. The molecule has 0 radical (unpaired) electrons. The Balaban J connectivity index is 2.26. The summed E-state index contributed by atoms with van der Waals surface area (Å²) in [5.41, 5.74) is 0. The number of carbonyl (C=O) groups is 2. The molecule has 0 aliphatic carbocycles. The van der Waals surface area contributed by atoms with Crippen LogP contribution in [0.4, 0.5) is 0 Å². The van der Waals surface area contributed by atoms with Crippen molar-refractivity contribution in [3.05, 3.63) is 0 Å². The minimum atomic E-state index is -0.170. The number of amides is 1. The van der Waals surface area contributed by atoms with Gasteiger partial charge in [0.05, 0.1) is 13.5 Å². The molecule has 1 rings (SSSR count). The highest BCUT2D eigenvalue weighted by Crippen LogP contribution is 2.18. The van der Waals surface area contributed by atoms with Crippen LogP contribution in [0.25, 0.3) is 0 Å². The van der Waals surface area contributed by atoms with Gasteiger partial charge in [0.15, 0.2) is 0 Å². The molecule has 5 heteroatoms. The van der Waals surface area contributed by atoms with Crippen LogP contribution in [-0.4, -0.2) is 62.5 Å². The highest BCUT2D eigenvalue weighted by Gasteiger charge is 2.25. The van der Waals surface area contributed by atoms with E-state index in [0.29, 0.717) is 6.42 Å². The number of hydrogen-bond acceptors (Lipinski definition) is 4. The van der Waals surface area contributed by atoms with Crippen molar-refractivity contribution >= 4 is 11.9 Å². The number of ether oxygens (including phenoxy) is 1. The fourth-order valence-electron chi connectivity index (χ4n) is 2.12. The Bertz CT molecular complexity index is 271. The molecule has 17 heavy (non-hydrogen) atoms. The summed E-state index contributed by atoms with van der Waals surface area (Å²) in [7, 11) is 5.00. The van der Waals surface area contributed by atoms with Gasteiger partial charge >= 0.3 is 5.97 Å².